The minimum Gasteiger partial charge on any atom is -0.494 e. The van der Waals surface area contributed by atoms with Crippen molar-refractivity contribution in [1.82, 2.24) is 0 Å². The maximum absolute atomic E-state index is 12.5. The van der Waals surface area contributed by atoms with E-state index in [0.717, 1.165) is 37.4 Å². The fraction of sp³-hybridized carbons (Fsp3) is 0.562. The van der Waals surface area contributed by atoms with Crippen molar-refractivity contribution in [3.05, 3.63) is 54.1 Å². The number of hydrogen-bond donors (Lipinski definition) is 0. The van der Waals surface area contributed by atoms with Gasteiger partial charge in [-0.3, -0.25) is 0 Å². The van der Waals surface area contributed by atoms with Gasteiger partial charge in [0.15, 0.2) is 0 Å². The Hall–Kier alpha value is -3.02. The summed E-state index contributed by atoms with van der Waals surface area (Å²) in [5.74, 6) is 1.81. The predicted octanol–water partition coefficient (Wildman–Crippen LogP) is 9.16. The molecule has 2 aromatic carbocycles. The highest BCUT2D eigenvalue weighted by molar-refractivity contribution is 5.91. The molecule has 38 heavy (non-hydrogen) atoms. The van der Waals surface area contributed by atoms with Gasteiger partial charge < -0.3 is 18.9 Å². The zero-order chi connectivity index (χ0) is 27.4. The van der Waals surface area contributed by atoms with Crippen LogP contribution in [-0.2, 0) is 4.74 Å². The van der Waals surface area contributed by atoms with Gasteiger partial charge in [-0.15, -0.1) is 0 Å². The number of esters is 1. The van der Waals surface area contributed by atoms with E-state index >= 15 is 0 Å². The van der Waals surface area contributed by atoms with Crippen LogP contribution in [0.2, 0.25) is 0 Å². The number of unbranched alkanes of at least 4 members (excludes halogenated alkanes) is 8. The van der Waals surface area contributed by atoms with Crippen LogP contribution in [-0.4, -0.2) is 25.3 Å². The second-order valence-corrected chi connectivity index (χ2v) is 9.92. The van der Waals surface area contributed by atoms with Gasteiger partial charge in [-0.25, -0.2) is 9.59 Å². The first-order valence-corrected chi connectivity index (χ1v) is 14.4. The highest BCUT2D eigenvalue weighted by Gasteiger charge is 2.11. The zero-order valence-electron chi connectivity index (χ0n) is 23.5. The van der Waals surface area contributed by atoms with Crippen molar-refractivity contribution in [2.45, 2.75) is 97.8 Å². The van der Waals surface area contributed by atoms with E-state index < -0.39 is 12.1 Å². The number of ether oxygens (including phenoxy) is 4. The maximum atomic E-state index is 12.5. The summed E-state index contributed by atoms with van der Waals surface area (Å²) in [5.41, 5.74) is 0.353. The topological polar surface area (TPSA) is 71.1 Å². The van der Waals surface area contributed by atoms with Gasteiger partial charge in [-0.1, -0.05) is 85.0 Å². The van der Waals surface area contributed by atoms with Crippen molar-refractivity contribution in [2.24, 2.45) is 5.92 Å². The number of benzene rings is 2. The summed E-state index contributed by atoms with van der Waals surface area (Å²) >= 11 is 0. The Balaban J connectivity index is 1.64. The second-order valence-electron chi connectivity index (χ2n) is 9.92. The molecule has 2 aromatic rings. The standard InChI is InChI=1S/C32H46O6/c1-4-6-7-8-9-10-13-25-36-32(34)38-30-18-16-27(17-19-30)31(33)37-29-22-20-28(21-23-29)35-24-14-11-12-15-26(3)5-2/h16-23,26H,4-15,24-25H2,1-3H3/t26-/m0/s1. The summed E-state index contributed by atoms with van der Waals surface area (Å²) < 4.78 is 21.6. The fourth-order valence-electron chi connectivity index (χ4n) is 3.94. The third-order valence-electron chi connectivity index (χ3n) is 6.60. The van der Waals surface area contributed by atoms with E-state index in [2.05, 4.69) is 20.8 Å². The van der Waals surface area contributed by atoms with Gasteiger partial charge >= 0.3 is 12.1 Å². The van der Waals surface area contributed by atoms with Gasteiger partial charge in [0.2, 0.25) is 0 Å². The van der Waals surface area contributed by atoms with E-state index in [0.29, 0.717) is 30.3 Å². The summed E-state index contributed by atoms with van der Waals surface area (Å²) in [7, 11) is 0. The van der Waals surface area contributed by atoms with Gasteiger partial charge in [-0.05, 0) is 67.3 Å². The molecule has 0 aliphatic heterocycles. The largest absolute Gasteiger partial charge is 0.513 e. The van der Waals surface area contributed by atoms with E-state index in [1.54, 1.807) is 48.5 Å². The number of rotatable bonds is 19. The van der Waals surface area contributed by atoms with Gasteiger partial charge in [0.1, 0.15) is 17.2 Å². The van der Waals surface area contributed by atoms with E-state index in [1.807, 2.05) is 0 Å². The molecule has 0 aromatic heterocycles. The molecule has 0 spiro atoms. The summed E-state index contributed by atoms with van der Waals surface area (Å²) in [6.45, 7) is 7.76. The highest BCUT2D eigenvalue weighted by Crippen LogP contribution is 2.21. The number of carbonyl (C=O) groups is 2. The molecule has 6 heteroatoms. The number of hydrogen-bond acceptors (Lipinski definition) is 6. The molecular formula is C32H46O6. The third kappa shape index (κ3) is 13.5. The fourth-order valence-corrected chi connectivity index (χ4v) is 3.94. The molecule has 1 atom stereocenters. The molecule has 0 aliphatic carbocycles. The average molecular weight is 527 g/mol. The molecular weight excluding hydrogens is 480 g/mol. The molecule has 210 valence electrons. The normalized spacial score (nSPS) is 11.6. The van der Waals surface area contributed by atoms with Crippen molar-refractivity contribution in [3.8, 4) is 17.2 Å². The lowest BCUT2D eigenvalue weighted by molar-refractivity contribution is 0.0734. The molecule has 0 aliphatic rings. The predicted molar refractivity (Wildman–Crippen MR) is 151 cm³/mol. The first-order chi connectivity index (χ1) is 18.5. The Kier molecular flexibility index (Phi) is 15.7. The summed E-state index contributed by atoms with van der Waals surface area (Å²) in [6, 6.07) is 13.2. The van der Waals surface area contributed by atoms with E-state index in [-0.39, 0.29) is 0 Å². The third-order valence-corrected chi connectivity index (χ3v) is 6.60. The van der Waals surface area contributed by atoms with Crippen molar-refractivity contribution < 1.29 is 28.5 Å². The van der Waals surface area contributed by atoms with Crippen LogP contribution in [0, 0.1) is 5.92 Å². The molecule has 0 fully saturated rings. The van der Waals surface area contributed by atoms with Crippen LogP contribution < -0.4 is 14.2 Å². The molecule has 0 saturated carbocycles. The van der Waals surface area contributed by atoms with E-state index in [1.165, 1.54) is 51.4 Å². The average Bonchev–Trinajstić information content (AvgIpc) is 2.93. The van der Waals surface area contributed by atoms with Crippen molar-refractivity contribution >= 4 is 12.1 Å². The molecule has 0 bridgehead atoms. The van der Waals surface area contributed by atoms with Gasteiger partial charge in [0, 0.05) is 0 Å². The molecule has 0 N–H and O–H groups in total. The van der Waals surface area contributed by atoms with Crippen LogP contribution in [0.1, 0.15) is 108 Å². The van der Waals surface area contributed by atoms with Gasteiger partial charge in [0.05, 0.1) is 18.8 Å². The maximum Gasteiger partial charge on any atom is 0.513 e. The lowest BCUT2D eigenvalue weighted by Gasteiger charge is -2.09. The number of carbonyl (C=O) groups excluding carboxylic acids is 2. The highest BCUT2D eigenvalue weighted by atomic mass is 16.7. The molecule has 2 rings (SSSR count). The van der Waals surface area contributed by atoms with Crippen LogP contribution >= 0.6 is 0 Å². The van der Waals surface area contributed by atoms with E-state index in [4.69, 9.17) is 18.9 Å². The summed E-state index contributed by atoms with van der Waals surface area (Å²) in [4.78, 5) is 24.4. The Morgan fingerprint density at radius 1 is 0.658 bits per heavy atom. The molecule has 0 saturated heterocycles. The van der Waals surface area contributed by atoms with Gasteiger partial charge in [0.25, 0.3) is 0 Å². The molecule has 0 unspecified atom stereocenters. The lowest BCUT2D eigenvalue weighted by Crippen LogP contribution is -2.12. The second kappa shape index (κ2) is 19.1. The van der Waals surface area contributed by atoms with Crippen LogP contribution in [0.5, 0.6) is 17.2 Å². The van der Waals surface area contributed by atoms with Crippen molar-refractivity contribution in [1.29, 1.82) is 0 Å². The SMILES string of the molecule is CCCCCCCCCOC(=O)Oc1ccc(C(=O)Oc2ccc(OCCCCC[C@@H](C)CC)cc2)cc1. The molecule has 6 nitrogen and oxygen atoms in total. The quantitative estimate of drug-likeness (QED) is 0.0786. The van der Waals surface area contributed by atoms with Crippen LogP contribution in [0.15, 0.2) is 48.5 Å². The Morgan fingerprint density at radius 2 is 1.21 bits per heavy atom. The first kappa shape index (κ1) is 31.2. The summed E-state index contributed by atoms with van der Waals surface area (Å²) in [6.07, 6.45) is 13.3. The minimum atomic E-state index is -0.736. The Morgan fingerprint density at radius 3 is 1.89 bits per heavy atom. The molecule has 0 heterocycles. The Bertz CT molecular complexity index is 907. The molecule has 0 radical (unpaired) electrons. The summed E-state index contributed by atoms with van der Waals surface area (Å²) in [5, 5.41) is 0. The van der Waals surface area contributed by atoms with Crippen LogP contribution in [0.3, 0.4) is 0 Å². The molecule has 0 amide bonds. The monoisotopic (exact) mass is 526 g/mol. The minimum absolute atomic E-state index is 0.312. The zero-order valence-corrected chi connectivity index (χ0v) is 23.5. The van der Waals surface area contributed by atoms with Crippen LogP contribution in [0.4, 0.5) is 4.79 Å². The van der Waals surface area contributed by atoms with Gasteiger partial charge in [-0.2, -0.15) is 0 Å². The first-order valence-electron chi connectivity index (χ1n) is 14.4. The van der Waals surface area contributed by atoms with Crippen molar-refractivity contribution in [3.63, 3.8) is 0 Å². The van der Waals surface area contributed by atoms with Crippen LogP contribution in [0.25, 0.3) is 0 Å². The lowest BCUT2D eigenvalue weighted by atomic mass is 10.0. The smallest absolute Gasteiger partial charge is 0.494 e. The Labute approximate surface area is 229 Å². The van der Waals surface area contributed by atoms with Crippen molar-refractivity contribution in [2.75, 3.05) is 13.2 Å². The van der Waals surface area contributed by atoms with E-state index in [9.17, 15) is 9.59 Å².